The maximum absolute atomic E-state index is 13.1. The Morgan fingerprint density at radius 1 is 1.30 bits per heavy atom. The number of nitrogens with zero attached hydrogens (tertiary/aromatic N) is 1. The van der Waals surface area contributed by atoms with Crippen LogP contribution in [0, 0.1) is 24.1 Å². The van der Waals surface area contributed by atoms with E-state index in [4.69, 9.17) is 16.9 Å². The Labute approximate surface area is 120 Å². The van der Waals surface area contributed by atoms with Crippen LogP contribution in [0.5, 0.6) is 0 Å². The molecule has 0 spiro atoms. The zero-order chi connectivity index (χ0) is 14.7. The predicted molar refractivity (Wildman–Crippen MR) is 75.3 cm³/mol. The number of hydrogen-bond donors (Lipinski definition) is 1. The van der Waals surface area contributed by atoms with Gasteiger partial charge in [0.2, 0.25) is 0 Å². The lowest BCUT2D eigenvalue weighted by atomic mass is 10.1. The quantitative estimate of drug-likeness (QED) is 0.911. The van der Waals surface area contributed by atoms with Crippen molar-refractivity contribution in [2.45, 2.75) is 6.92 Å². The molecule has 1 amide bonds. The van der Waals surface area contributed by atoms with Crippen LogP contribution in [0.15, 0.2) is 36.4 Å². The molecular formula is C15H10ClFN2O. The molecule has 0 unspecified atom stereocenters. The van der Waals surface area contributed by atoms with Crippen molar-refractivity contribution in [3.8, 4) is 6.07 Å². The molecule has 2 rings (SSSR count). The Balaban J connectivity index is 2.23. The van der Waals surface area contributed by atoms with Gasteiger partial charge in [-0.2, -0.15) is 5.26 Å². The van der Waals surface area contributed by atoms with Gasteiger partial charge < -0.3 is 5.32 Å². The molecule has 0 atom stereocenters. The first-order valence-electron chi connectivity index (χ1n) is 5.78. The number of benzene rings is 2. The molecule has 2 aromatic carbocycles. The number of carbonyl (C=O) groups excluding carboxylic acids is 1. The first kappa shape index (κ1) is 14.0. The van der Waals surface area contributed by atoms with Crippen LogP contribution >= 0.6 is 11.6 Å². The molecule has 0 bridgehead atoms. The van der Waals surface area contributed by atoms with E-state index in [0.29, 0.717) is 21.8 Å². The molecule has 0 aliphatic heterocycles. The Kier molecular flexibility index (Phi) is 4.02. The summed E-state index contributed by atoms with van der Waals surface area (Å²) in [5, 5.41) is 11.8. The standard InChI is InChI=1S/C15H10ClFN2O/c1-9-6-10(2-5-14(9)17)15(20)19-12-3-4-13(16)11(7-12)8-18/h2-7H,1H3,(H,19,20). The number of nitriles is 1. The summed E-state index contributed by atoms with van der Waals surface area (Å²) < 4.78 is 13.1. The summed E-state index contributed by atoms with van der Waals surface area (Å²) >= 11 is 5.81. The van der Waals surface area contributed by atoms with Crippen LogP contribution < -0.4 is 5.32 Å². The third kappa shape index (κ3) is 2.95. The Hall–Kier alpha value is -2.38. The fourth-order valence-electron chi connectivity index (χ4n) is 1.68. The molecule has 0 heterocycles. The minimum atomic E-state index is -0.376. The van der Waals surface area contributed by atoms with Gasteiger partial charge in [-0.3, -0.25) is 4.79 Å². The number of carbonyl (C=O) groups is 1. The summed E-state index contributed by atoms with van der Waals surface area (Å²) in [6.07, 6.45) is 0. The normalized spacial score (nSPS) is 9.90. The van der Waals surface area contributed by atoms with Gasteiger partial charge in [-0.1, -0.05) is 11.6 Å². The zero-order valence-corrected chi connectivity index (χ0v) is 11.3. The van der Waals surface area contributed by atoms with Crippen molar-refractivity contribution in [2.24, 2.45) is 0 Å². The average Bonchev–Trinajstić information content (AvgIpc) is 2.43. The Morgan fingerprint density at radius 3 is 2.70 bits per heavy atom. The number of aryl methyl sites for hydroxylation is 1. The van der Waals surface area contributed by atoms with Gasteiger partial charge in [-0.25, -0.2) is 4.39 Å². The maximum atomic E-state index is 13.1. The first-order chi connectivity index (χ1) is 9.51. The molecule has 3 nitrogen and oxygen atoms in total. The van der Waals surface area contributed by atoms with Crippen molar-refractivity contribution in [3.05, 3.63) is 63.9 Å². The summed E-state index contributed by atoms with van der Waals surface area (Å²) in [7, 11) is 0. The van der Waals surface area contributed by atoms with Gasteiger partial charge in [-0.05, 0) is 48.9 Å². The van der Waals surface area contributed by atoms with Gasteiger partial charge in [0.25, 0.3) is 5.91 Å². The van der Waals surface area contributed by atoms with Crippen molar-refractivity contribution in [1.29, 1.82) is 5.26 Å². The SMILES string of the molecule is Cc1cc(C(=O)Nc2ccc(Cl)c(C#N)c2)ccc1F. The summed E-state index contributed by atoms with van der Waals surface area (Å²) in [6, 6.07) is 10.7. The predicted octanol–water partition coefficient (Wildman–Crippen LogP) is 3.91. The molecule has 100 valence electrons. The number of nitrogens with one attached hydrogen (secondary N) is 1. The molecule has 0 aliphatic rings. The monoisotopic (exact) mass is 288 g/mol. The van der Waals surface area contributed by atoms with Gasteiger partial charge in [0.1, 0.15) is 11.9 Å². The van der Waals surface area contributed by atoms with Gasteiger partial charge in [-0.15, -0.1) is 0 Å². The van der Waals surface area contributed by atoms with E-state index in [1.165, 1.54) is 30.3 Å². The molecule has 0 saturated carbocycles. The zero-order valence-electron chi connectivity index (χ0n) is 10.6. The number of halogens is 2. The van der Waals surface area contributed by atoms with Crippen molar-refractivity contribution in [2.75, 3.05) is 5.32 Å². The lowest BCUT2D eigenvalue weighted by Crippen LogP contribution is -2.12. The minimum absolute atomic E-state index is 0.278. The Bertz CT molecular complexity index is 722. The second-order valence-electron chi connectivity index (χ2n) is 4.22. The summed E-state index contributed by atoms with van der Waals surface area (Å²) in [6.45, 7) is 1.59. The minimum Gasteiger partial charge on any atom is -0.322 e. The number of amides is 1. The topological polar surface area (TPSA) is 52.9 Å². The summed E-state index contributed by atoms with van der Waals surface area (Å²) in [5.74, 6) is -0.737. The molecule has 0 saturated heterocycles. The van der Waals surface area contributed by atoms with Crippen molar-refractivity contribution in [1.82, 2.24) is 0 Å². The lowest BCUT2D eigenvalue weighted by Gasteiger charge is -2.07. The maximum Gasteiger partial charge on any atom is 0.255 e. The molecule has 0 aliphatic carbocycles. The van der Waals surface area contributed by atoms with Crippen LogP contribution in [0.1, 0.15) is 21.5 Å². The van der Waals surface area contributed by atoms with Crippen LogP contribution in [-0.4, -0.2) is 5.91 Å². The largest absolute Gasteiger partial charge is 0.322 e. The van der Waals surface area contributed by atoms with Gasteiger partial charge in [0.05, 0.1) is 10.6 Å². The van der Waals surface area contributed by atoms with E-state index in [1.54, 1.807) is 13.0 Å². The highest BCUT2D eigenvalue weighted by molar-refractivity contribution is 6.31. The van der Waals surface area contributed by atoms with Gasteiger partial charge in [0, 0.05) is 11.3 Å². The second-order valence-corrected chi connectivity index (χ2v) is 4.63. The van der Waals surface area contributed by atoms with Crippen LogP contribution in [0.25, 0.3) is 0 Å². The van der Waals surface area contributed by atoms with Crippen LogP contribution in [0.4, 0.5) is 10.1 Å². The van der Waals surface area contributed by atoms with Crippen LogP contribution in [0.3, 0.4) is 0 Å². The van der Waals surface area contributed by atoms with E-state index >= 15 is 0 Å². The summed E-state index contributed by atoms with van der Waals surface area (Å²) in [4.78, 5) is 12.0. The van der Waals surface area contributed by atoms with Crippen molar-refractivity contribution in [3.63, 3.8) is 0 Å². The van der Waals surface area contributed by atoms with Crippen molar-refractivity contribution < 1.29 is 9.18 Å². The number of anilines is 1. The van der Waals surface area contributed by atoms with Crippen molar-refractivity contribution >= 4 is 23.2 Å². The smallest absolute Gasteiger partial charge is 0.255 e. The average molecular weight is 289 g/mol. The highest BCUT2D eigenvalue weighted by Crippen LogP contribution is 2.20. The van der Waals surface area contributed by atoms with E-state index in [-0.39, 0.29) is 17.3 Å². The molecule has 0 fully saturated rings. The molecule has 20 heavy (non-hydrogen) atoms. The number of rotatable bonds is 2. The number of hydrogen-bond acceptors (Lipinski definition) is 2. The van der Waals surface area contributed by atoms with E-state index in [1.807, 2.05) is 6.07 Å². The highest BCUT2D eigenvalue weighted by Gasteiger charge is 2.09. The third-order valence-electron chi connectivity index (χ3n) is 2.76. The lowest BCUT2D eigenvalue weighted by molar-refractivity contribution is 0.102. The molecule has 2 aromatic rings. The highest BCUT2D eigenvalue weighted by atomic mass is 35.5. The fraction of sp³-hybridized carbons (Fsp3) is 0.0667. The second kappa shape index (κ2) is 5.72. The molecule has 1 N–H and O–H groups in total. The Morgan fingerprint density at radius 2 is 2.05 bits per heavy atom. The molecular weight excluding hydrogens is 279 g/mol. The fourth-order valence-corrected chi connectivity index (χ4v) is 1.84. The van der Waals surface area contributed by atoms with E-state index in [9.17, 15) is 9.18 Å². The first-order valence-corrected chi connectivity index (χ1v) is 6.16. The molecule has 5 heteroatoms. The molecule has 0 radical (unpaired) electrons. The van der Waals surface area contributed by atoms with Crippen LogP contribution in [0.2, 0.25) is 5.02 Å². The van der Waals surface area contributed by atoms with E-state index < -0.39 is 0 Å². The van der Waals surface area contributed by atoms with Gasteiger partial charge >= 0.3 is 0 Å². The molecule has 0 aromatic heterocycles. The van der Waals surface area contributed by atoms with Gasteiger partial charge in [0.15, 0.2) is 0 Å². The third-order valence-corrected chi connectivity index (χ3v) is 3.09. The van der Waals surface area contributed by atoms with Crippen LogP contribution in [-0.2, 0) is 0 Å². The van der Waals surface area contributed by atoms with E-state index in [2.05, 4.69) is 5.32 Å². The summed E-state index contributed by atoms with van der Waals surface area (Å²) in [5.41, 5.74) is 1.47. The van der Waals surface area contributed by atoms with E-state index in [0.717, 1.165) is 0 Å².